The van der Waals surface area contributed by atoms with Crippen LogP contribution in [0.5, 0.6) is 0 Å². The van der Waals surface area contributed by atoms with E-state index in [4.69, 9.17) is 11.6 Å². The molecule has 0 saturated heterocycles. The smallest absolute Gasteiger partial charge is 0.426 e. The monoisotopic (exact) mass is 343 g/mol. The number of hydrogen-bond donors (Lipinski definition) is 3. The van der Waals surface area contributed by atoms with E-state index < -0.39 is 17.3 Å². The van der Waals surface area contributed by atoms with E-state index in [-0.39, 0.29) is 18.9 Å². The minimum absolute atomic E-state index is 0.0784. The lowest BCUT2D eigenvalue weighted by Crippen LogP contribution is -2.44. The number of hydrazine groups is 1. The molecule has 0 aromatic heterocycles. The SMILES string of the molecule is CCOC(=O)NNC(=O)C[C@H]1Sc2ccc(Cl)cc2NC1=O. The summed E-state index contributed by atoms with van der Waals surface area (Å²) in [7, 11) is 0. The third-order valence-electron chi connectivity index (χ3n) is 2.71. The van der Waals surface area contributed by atoms with Gasteiger partial charge in [-0.15, -0.1) is 11.8 Å². The molecule has 0 unspecified atom stereocenters. The zero-order chi connectivity index (χ0) is 16.1. The minimum Gasteiger partial charge on any atom is -0.449 e. The number of halogens is 1. The van der Waals surface area contributed by atoms with Crippen molar-refractivity contribution in [1.29, 1.82) is 0 Å². The van der Waals surface area contributed by atoms with Crippen LogP contribution in [-0.2, 0) is 14.3 Å². The number of benzene rings is 1. The van der Waals surface area contributed by atoms with Crippen molar-refractivity contribution in [2.24, 2.45) is 0 Å². The summed E-state index contributed by atoms with van der Waals surface area (Å²) >= 11 is 7.14. The first-order valence-electron chi connectivity index (χ1n) is 6.48. The summed E-state index contributed by atoms with van der Waals surface area (Å²) < 4.78 is 4.60. The van der Waals surface area contributed by atoms with E-state index in [1.165, 1.54) is 11.8 Å². The van der Waals surface area contributed by atoms with Gasteiger partial charge >= 0.3 is 6.09 Å². The van der Waals surface area contributed by atoms with Crippen molar-refractivity contribution in [3.05, 3.63) is 23.2 Å². The molecule has 1 aliphatic heterocycles. The summed E-state index contributed by atoms with van der Waals surface area (Å²) in [6, 6.07) is 5.15. The summed E-state index contributed by atoms with van der Waals surface area (Å²) in [4.78, 5) is 35.6. The van der Waals surface area contributed by atoms with Gasteiger partial charge in [0.15, 0.2) is 0 Å². The first-order valence-corrected chi connectivity index (χ1v) is 7.74. The summed E-state index contributed by atoms with van der Waals surface area (Å²) in [5.41, 5.74) is 4.91. The van der Waals surface area contributed by atoms with Crippen LogP contribution in [0.3, 0.4) is 0 Å². The molecule has 0 aliphatic carbocycles. The fourth-order valence-electron chi connectivity index (χ4n) is 1.76. The number of hydrogen-bond acceptors (Lipinski definition) is 5. The molecule has 0 radical (unpaired) electrons. The van der Waals surface area contributed by atoms with Gasteiger partial charge in [0, 0.05) is 16.3 Å². The Hall–Kier alpha value is -1.93. The molecule has 0 spiro atoms. The van der Waals surface area contributed by atoms with Crippen LogP contribution in [0.2, 0.25) is 5.02 Å². The molecular weight excluding hydrogens is 330 g/mol. The van der Waals surface area contributed by atoms with Gasteiger partial charge in [-0.05, 0) is 25.1 Å². The van der Waals surface area contributed by atoms with Crippen LogP contribution in [0.15, 0.2) is 23.1 Å². The maximum Gasteiger partial charge on any atom is 0.426 e. The molecule has 3 N–H and O–H groups in total. The van der Waals surface area contributed by atoms with Gasteiger partial charge in [0.25, 0.3) is 0 Å². The van der Waals surface area contributed by atoms with E-state index in [0.717, 1.165) is 4.90 Å². The lowest BCUT2D eigenvalue weighted by Gasteiger charge is -2.23. The Morgan fingerprint density at radius 1 is 1.41 bits per heavy atom. The molecule has 1 aromatic carbocycles. The van der Waals surface area contributed by atoms with Gasteiger partial charge in [0.1, 0.15) is 0 Å². The Labute approximate surface area is 136 Å². The van der Waals surface area contributed by atoms with Crippen molar-refractivity contribution in [3.8, 4) is 0 Å². The average molecular weight is 344 g/mol. The largest absolute Gasteiger partial charge is 0.449 e. The Morgan fingerprint density at radius 2 is 2.18 bits per heavy atom. The quantitative estimate of drug-likeness (QED) is 0.729. The first kappa shape index (κ1) is 16.4. The molecule has 3 amide bonds. The highest BCUT2D eigenvalue weighted by Gasteiger charge is 2.29. The standard InChI is InChI=1S/C13H14ClN3O4S/c1-2-21-13(20)17-16-11(18)6-10-12(19)15-8-5-7(14)3-4-9(8)22-10/h3-5,10H,2,6H2,1H3,(H,15,19)(H,16,18)(H,17,20)/t10-/m1/s1. The molecular formula is C13H14ClN3O4S. The number of ether oxygens (including phenoxy) is 1. The maximum atomic E-state index is 12.0. The molecule has 1 heterocycles. The lowest BCUT2D eigenvalue weighted by atomic mass is 10.2. The third-order valence-corrected chi connectivity index (χ3v) is 4.22. The van der Waals surface area contributed by atoms with Crippen molar-refractivity contribution in [2.45, 2.75) is 23.5 Å². The number of nitrogens with one attached hydrogen (secondary N) is 3. The van der Waals surface area contributed by atoms with Crippen molar-refractivity contribution >= 4 is 47.0 Å². The molecule has 0 bridgehead atoms. The van der Waals surface area contributed by atoms with Crippen LogP contribution in [0, 0.1) is 0 Å². The molecule has 22 heavy (non-hydrogen) atoms. The molecule has 1 aromatic rings. The molecule has 9 heteroatoms. The first-order chi connectivity index (χ1) is 10.5. The summed E-state index contributed by atoms with van der Waals surface area (Å²) in [5.74, 6) is -0.774. The number of carbonyl (C=O) groups excluding carboxylic acids is 3. The predicted octanol–water partition coefficient (Wildman–Crippen LogP) is 1.92. The van der Waals surface area contributed by atoms with Crippen LogP contribution in [0.1, 0.15) is 13.3 Å². The highest BCUT2D eigenvalue weighted by Crippen LogP contribution is 2.38. The Morgan fingerprint density at radius 3 is 2.91 bits per heavy atom. The Bertz CT molecular complexity index is 611. The molecule has 0 saturated carbocycles. The number of thioether (sulfide) groups is 1. The summed E-state index contributed by atoms with van der Waals surface area (Å²) in [5, 5.41) is 2.64. The van der Waals surface area contributed by atoms with Crippen molar-refractivity contribution in [3.63, 3.8) is 0 Å². The lowest BCUT2D eigenvalue weighted by molar-refractivity contribution is -0.124. The fourth-order valence-corrected chi connectivity index (χ4v) is 3.03. The van der Waals surface area contributed by atoms with Crippen LogP contribution in [0.4, 0.5) is 10.5 Å². The molecule has 0 fully saturated rings. The van der Waals surface area contributed by atoms with E-state index in [0.29, 0.717) is 10.7 Å². The van der Waals surface area contributed by atoms with Crippen LogP contribution in [0.25, 0.3) is 0 Å². The minimum atomic E-state index is -0.753. The van der Waals surface area contributed by atoms with Gasteiger partial charge in [0.2, 0.25) is 11.8 Å². The summed E-state index contributed by atoms with van der Waals surface area (Å²) in [6.45, 7) is 1.84. The maximum absolute atomic E-state index is 12.0. The fraction of sp³-hybridized carbons (Fsp3) is 0.308. The van der Waals surface area contributed by atoms with Gasteiger partial charge in [-0.3, -0.25) is 15.0 Å². The van der Waals surface area contributed by atoms with Crippen LogP contribution in [-0.4, -0.2) is 29.8 Å². The predicted molar refractivity (Wildman–Crippen MR) is 82.6 cm³/mol. The van der Waals surface area contributed by atoms with Crippen molar-refractivity contribution in [1.82, 2.24) is 10.9 Å². The topological polar surface area (TPSA) is 96.5 Å². The van der Waals surface area contributed by atoms with Crippen LogP contribution < -0.4 is 16.2 Å². The van der Waals surface area contributed by atoms with E-state index in [2.05, 4.69) is 20.9 Å². The van der Waals surface area contributed by atoms with Crippen molar-refractivity contribution in [2.75, 3.05) is 11.9 Å². The number of fused-ring (bicyclic) bond motifs is 1. The second-order valence-electron chi connectivity index (χ2n) is 4.33. The van der Waals surface area contributed by atoms with Gasteiger partial charge in [-0.25, -0.2) is 10.2 Å². The number of carbonyl (C=O) groups is 3. The van der Waals surface area contributed by atoms with Gasteiger partial charge in [0.05, 0.1) is 17.5 Å². The highest BCUT2D eigenvalue weighted by atomic mass is 35.5. The second-order valence-corrected chi connectivity index (χ2v) is 6.01. The summed E-state index contributed by atoms with van der Waals surface area (Å²) in [6.07, 6.45) is -0.832. The third kappa shape index (κ3) is 4.28. The molecule has 1 atom stereocenters. The second kappa shape index (κ2) is 7.37. The van der Waals surface area contributed by atoms with Crippen LogP contribution >= 0.6 is 23.4 Å². The molecule has 1 aliphatic rings. The molecule has 7 nitrogen and oxygen atoms in total. The average Bonchev–Trinajstić information content (AvgIpc) is 2.46. The Kier molecular flexibility index (Phi) is 5.51. The molecule has 2 rings (SSSR count). The highest BCUT2D eigenvalue weighted by molar-refractivity contribution is 8.01. The van der Waals surface area contributed by atoms with E-state index in [1.807, 2.05) is 0 Å². The number of anilines is 1. The zero-order valence-corrected chi connectivity index (χ0v) is 13.2. The normalized spacial score (nSPS) is 16.3. The van der Waals surface area contributed by atoms with Gasteiger partial charge in [-0.2, -0.15) is 0 Å². The number of amides is 3. The van der Waals surface area contributed by atoms with E-state index >= 15 is 0 Å². The Balaban J connectivity index is 1.91. The number of rotatable bonds is 3. The van der Waals surface area contributed by atoms with Crippen molar-refractivity contribution < 1.29 is 19.1 Å². The van der Waals surface area contributed by atoms with E-state index in [1.54, 1.807) is 25.1 Å². The van der Waals surface area contributed by atoms with E-state index in [9.17, 15) is 14.4 Å². The zero-order valence-electron chi connectivity index (χ0n) is 11.6. The van der Waals surface area contributed by atoms with Gasteiger partial charge in [-0.1, -0.05) is 11.6 Å². The molecule has 118 valence electrons. The van der Waals surface area contributed by atoms with Gasteiger partial charge < -0.3 is 10.1 Å².